The number of hydrogen-bond acceptors (Lipinski definition) is 5. The molecule has 0 spiro atoms. The monoisotopic (exact) mass is 439 g/mol. The fourth-order valence-corrected chi connectivity index (χ4v) is 4.13. The number of nitrogens with one attached hydrogen (secondary N) is 1. The maximum atomic E-state index is 12.8. The number of aryl methyl sites for hydroxylation is 1. The van der Waals surface area contributed by atoms with E-state index in [2.05, 4.69) is 46.5 Å². The molecule has 2 aliphatic heterocycles. The lowest BCUT2D eigenvalue weighted by Gasteiger charge is -2.35. The number of anilines is 1. The van der Waals surface area contributed by atoms with Crippen molar-refractivity contribution >= 4 is 17.6 Å². The predicted molar refractivity (Wildman–Crippen MR) is 124 cm³/mol. The summed E-state index contributed by atoms with van der Waals surface area (Å²) < 4.78 is 7.19. The normalized spacial score (nSPS) is 18.3. The quantitative estimate of drug-likeness (QED) is 0.536. The molecule has 2 aromatic rings. The minimum atomic E-state index is 0.0579. The lowest BCUT2D eigenvalue weighted by Crippen LogP contribution is -2.55. The Hall–Kier alpha value is -2.91. The third-order valence-corrected chi connectivity index (χ3v) is 5.87. The van der Waals surface area contributed by atoms with E-state index in [-0.39, 0.29) is 5.91 Å². The zero-order valence-corrected chi connectivity index (χ0v) is 19.0. The van der Waals surface area contributed by atoms with Crippen LogP contribution in [0.4, 0.5) is 5.69 Å². The third-order valence-electron chi connectivity index (χ3n) is 5.87. The maximum Gasteiger partial charge on any atom is 0.246 e. The Morgan fingerprint density at radius 2 is 1.94 bits per heavy atom. The predicted octanol–water partition coefficient (Wildman–Crippen LogP) is 1.07. The van der Waals surface area contributed by atoms with Crippen LogP contribution in [0.1, 0.15) is 18.1 Å². The van der Waals surface area contributed by atoms with Gasteiger partial charge in [-0.1, -0.05) is 24.3 Å². The number of amides is 1. The van der Waals surface area contributed by atoms with E-state index in [1.807, 2.05) is 18.1 Å². The van der Waals surface area contributed by atoms with Crippen LogP contribution in [0.3, 0.4) is 0 Å². The number of rotatable bonds is 6. The van der Waals surface area contributed by atoms with Crippen molar-refractivity contribution in [2.45, 2.75) is 20.0 Å². The first-order valence-corrected chi connectivity index (χ1v) is 11.3. The fourth-order valence-electron chi connectivity index (χ4n) is 4.13. The van der Waals surface area contributed by atoms with Crippen molar-refractivity contribution in [2.24, 2.45) is 12.0 Å². The molecule has 9 heteroatoms. The van der Waals surface area contributed by atoms with E-state index in [0.29, 0.717) is 19.6 Å². The summed E-state index contributed by atoms with van der Waals surface area (Å²) in [6.07, 6.45) is 3.61. The van der Waals surface area contributed by atoms with Crippen LogP contribution in [0.25, 0.3) is 0 Å². The van der Waals surface area contributed by atoms with E-state index in [0.717, 1.165) is 57.6 Å². The molecule has 0 aliphatic carbocycles. The summed E-state index contributed by atoms with van der Waals surface area (Å²) in [5.41, 5.74) is 3.36. The Balaban J connectivity index is 1.43. The average Bonchev–Trinajstić information content (AvgIpc) is 3.24. The van der Waals surface area contributed by atoms with E-state index in [1.54, 1.807) is 15.8 Å². The second-order valence-electron chi connectivity index (χ2n) is 8.17. The molecule has 2 aliphatic rings. The van der Waals surface area contributed by atoms with Crippen LogP contribution in [0.15, 0.2) is 41.7 Å². The van der Waals surface area contributed by atoms with Crippen molar-refractivity contribution < 1.29 is 9.53 Å². The molecular formula is C23H33N7O2. The van der Waals surface area contributed by atoms with Gasteiger partial charge >= 0.3 is 0 Å². The SMILES string of the molecule is CCNC(=NCc1ccccc1CN1CCOCC1)N1CCN(c2cnn(C)c2)C(=O)C1. The minimum Gasteiger partial charge on any atom is -0.379 e. The van der Waals surface area contributed by atoms with Crippen molar-refractivity contribution in [3.63, 3.8) is 0 Å². The van der Waals surface area contributed by atoms with Crippen molar-refractivity contribution in [1.29, 1.82) is 0 Å². The standard InChI is InChI=1S/C23H33N7O2/c1-3-24-23(29-8-9-30(22(31)18-29)21-15-26-27(2)17-21)25-14-19-6-4-5-7-20(19)16-28-10-12-32-13-11-28/h4-7,15,17H,3,8-14,16,18H2,1-2H3,(H,24,25). The molecule has 0 atom stereocenters. The largest absolute Gasteiger partial charge is 0.379 e. The first-order valence-electron chi connectivity index (χ1n) is 11.3. The maximum absolute atomic E-state index is 12.8. The number of benzene rings is 1. The van der Waals surface area contributed by atoms with Crippen LogP contribution in [0.2, 0.25) is 0 Å². The molecule has 0 bridgehead atoms. The molecule has 172 valence electrons. The van der Waals surface area contributed by atoms with E-state index < -0.39 is 0 Å². The molecule has 1 aromatic carbocycles. The van der Waals surface area contributed by atoms with Crippen LogP contribution in [0, 0.1) is 0 Å². The topological polar surface area (TPSA) is 78.2 Å². The highest BCUT2D eigenvalue weighted by Gasteiger charge is 2.27. The van der Waals surface area contributed by atoms with Crippen LogP contribution >= 0.6 is 0 Å². The molecule has 0 radical (unpaired) electrons. The Bertz CT molecular complexity index is 936. The molecule has 0 saturated carbocycles. The summed E-state index contributed by atoms with van der Waals surface area (Å²) in [4.78, 5) is 24.0. The number of carbonyl (C=O) groups excluding carboxylic acids is 1. The molecule has 9 nitrogen and oxygen atoms in total. The molecule has 1 aromatic heterocycles. The van der Waals surface area contributed by atoms with Crippen LogP contribution < -0.4 is 10.2 Å². The lowest BCUT2D eigenvalue weighted by molar-refractivity contribution is -0.120. The van der Waals surface area contributed by atoms with Crippen molar-refractivity contribution in [3.05, 3.63) is 47.8 Å². The number of hydrogen-bond donors (Lipinski definition) is 1. The summed E-state index contributed by atoms with van der Waals surface area (Å²) >= 11 is 0. The number of ether oxygens (including phenoxy) is 1. The molecule has 1 amide bonds. The molecule has 2 fully saturated rings. The number of carbonyl (C=O) groups is 1. The summed E-state index contributed by atoms with van der Waals surface area (Å²) in [7, 11) is 1.86. The summed E-state index contributed by atoms with van der Waals surface area (Å²) in [5.74, 6) is 0.843. The van der Waals surface area contributed by atoms with Gasteiger partial charge in [-0.25, -0.2) is 4.99 Å². The number of guanidine groups is 1. The summed E-state index contributed by atoms with van der Waals surface area (Å²) in [6, 6.07) is 8.49. The van der Waals surface area contributed by atoms with Gasteiger partial charge in [0.25, 0.3) is 0 Å². The van der Waals surface area contributed by atoms with Crippen molar-refractivity contribution in [1.82, 2.24) is 24.9 Å². The molecule has 32 heavy (non-hydrogen) atoms. The van der Waals surface area contributed by atoms with Gasteiger partial charge in [-0.15, -0.1) is 0 Å². The van der Waals surface area contributed by atoms with E-state index in [1.165, 1.54) is 11.1 Å². The van der Waals surface area contributed by atoms with E-state index in [4.69, 9.17) is 9.73 Å². The Morgan fingerprint density at radius 1 is 1.16 bits per heavy atom. The van der Waals surface area contributed by atoms with Gasteiger partial charge < -0.3 is 19.9 Å². The van der Waals surface area contributed by atoms with Gasteiger partial charge in [0.15, 0.2) is 5.96 Å². The van der Waals surface area contributed by atoms with E-state index in [9.17, 15) is 4.79 Å². The van der Waals surface area contributed by atoms with Gasteiger partial charge in [-0.05, 0) is 18.1 Å². The molecule has 3 heterocycles. The van der Waals surface area contributed by atoms with Gasteiger partial charge in [0.05, 0.1) is 31.6 Å². The first-order chi connectivity index (χ1) is 15.6. The third kappa shape index (κ3) is 5.46. The highest BCUT2D eigenvalue weighted by atomic mass is 16.5. The zero-order valence-electron chi connectivity index (χ0n) is 19.0. The van der Waals surface area contributed by atoms with Crippen molar-refractivity contribution in [3.8, 4) is 0 Å². The second kappa shape index (κ2) is 10.6. The Morgan fingerprint density at radius 3 is 2.62 bits per heavy atom. The van der Waals surface area contributed by atoms with Crippen LogP contribution in [0.5, 0.6) is 0 Å². The zero-order chi connectivity index (χ0) is 22.3. The second-order valence-corrected chi connectivity index (χ2v) is 8.17. The minimum absolute atomic E-state index is 0.0579. The van der Waals surface area contributed by atoms with Crippen LogP contribution in [-0.2, 0) is 29.7 Å². The van der Waals surface area contributed by atoms with Gasteiger partial charge in [0, 0.05) is 52.5 Å². The highest BCUT2D eigenvalue weighted by Crippen LogP contribution is 2.17. The number of piperazine rings is 1. The number of nitrogens with zero attached hydrogens (tertiary/aromatic N) is 6. The molecule has 1 N–H and O–H groups in total. The van der Waals surface area contributed by atoms with E-state index >= 15 is 0 Å². The fraction of sp³-hybridized carbons (Fsp3) is 0.522. The van der Waals surface area contributed by atoms with Gasteiger partial charge in [0.1, 0.15) is 6.54 Å². The lowest BCUT2D eigenvalue weighted by atomic mass is 10.1. The first kappa shape index (κ1) is 22.3. The van der Waals surface area contributed by atoms with Crippen LogP contribution in [-0.4, -0.2) is 83.9 Å². The van der Waals surface area contributed by atoms with Crippen molar-refractivity contribution in [2.75, 3.05) is 57.4 Å². The smallest absolute Gasteiger partial charge is 0.246 e. The highest BCUT2D eigenvalue weighted by molar-refractivity contribution is 5.98. The summed E-state index contributed by atoms with van der Waals surface area (Å²) in [5, 5.41) is 7.55. The summed E-state index contributed by atoms with van der Waals surface area (Å²) in [6.45, 7) is 9.45. The molecule has 2 saturated heterocycles. The number of aromatic nitrogens is 2. The Labute approximate surface area is 189 Å². The van der Waals surface area contributed by atoms with Gasteiger partial charge in [-0.2, -0.15) is 5.10 Å². The average molecular weight is 440 g/mol. The number of aliphatic imine (C=N–C) groups is 1. The Kier molecular flexibility index (Phi) is 7.39. The van der Waals surface area contributed by atoms with Gasteiger partial charge in [-0.3, -0.25) is 14.4 Å². The molecular weight excluding hydrogens is 406 g/mol. The number of morpholine rings is 1. The molecule has 4 rings (SSSR count). The van der Waals surface area contributed by atoms with Gasteiger partial charge in [0.2, 0.25) is 5.91 Å². The molecule has 0 unspecified atom stereocenters.